The minimum absolute atomic E-state index is 0.845. The Morgan fingerprint density at radius 3 is 2.86 bits per heavy atom. The molecule has 2 aromatic rings. The summed E-state index contributed by atoms with van der Waals surface area (Å²) in [5, 5.41) is 6.13. The molecule has 1 aromatic carbocycles. The van der Waals surface area contributed by atoms with E-state index in [4.69, 9.17) is 0 Å². The molecule has 0 aliphatic carbocycles. The van der Waals surface area contributed by atoms with Gasteiger partial charge in [0.2, 0.25) is 0 Å². The van der Waals surface area contributed by atoms with E-state index in [0.29, 0.717) is 0 Å². The second kappa shape index (κ2) is 7.01. The fraction of sp³-hybridized carbons (Fsp3) is 0.500. The molecular weight excluding hydrogens is 258 g/mol. The molecule has 0 amide bonds. The van der Waals surface area contributed by atoms with Gasteiger partial charge in [-0.15, -0.1) is 0 Å². The summed E-state index contributed by atoms with van der Waals surface area (Å²) in [6.07, 6.45) is 6.46. The number of pyridine rings is 1. The summed E-state index contributed by atoms with van der Waals surface area (Å²) in [7, 11) is 0. The van der Waals surface area contributed by atoms with Crippen LogP contribution in [-0.2, 0) is 6.54 Å². The summed E-state index contributed by atoms with van der Waals surface area (Å²) in [4.78, 5) is 6.71. The van der Waals surface area contributed by atoms with E-state index in [1.807, 2.05) is 12.4 Å². The molecule has 0 saturated carbocycles. The molecule has 0 radical (unpaired) electrons. The molecule has 3 rings (SSSR count). The molecule has 3 heteroatoms. The minimum Gasteiger partial charge on any atom is -0.312 e. The highest BCUT2D eigenvalue weighted by Crippen LogP contribution is 2.17. The molecule has 2 heterocycles. The van der Waals surface area contributed by atoms with Crippen LogP contribution in [0.5, 0.6) is 0 Å². The molecular formula is C18H25N3. The summed E-state index contributed by atoms with van der Waals surface area (Å²) in [6, 6.07) is 8.72. The van der Waals surface area contributed by atoms with Gasteiger partial charge in [0.15, 0.2) is 0 Å². The number of aromatic nitrogens is 1. The predicted molar refractivity (Wildman–Crippen MR) is 88.3 cm³/mol. The predicted octanol–water partition coefficient (Wildman–Crippen LogP) is 3.06. The molecule has 1 N–H and O–H groups in total. The van der Waals surface area contributed by atoms with Crippen LogP contribution in [0, 0.1) is 5.92 Å². The zero-order valence-electron chi connectivity index (χ0n) is 12.9. The maximum atomic E-state index is 4.16. The number of nitrogens with zero attached hydrogens (tertiary/aromatic N) is 2. The van der Waals surface area contributed by atoms with E-state index in [-0.39, 0.29) is 0 Å². The van der Waals surface area contributed by atoms with Gasteiger partial charge in [-0.3, -0.25) is 4.98 Å². The summed E-state index contributed by atoms with van der Waals surface area (Å²) in [6.45, 7) is 8.11. The molecule has 0 unspecified atom stereocenters. The standard InChI is InChI=1S/C18H25N3/c1-2-21-9-6-15(7-10-21)12-20-13-16-3-4-18-14-19-8-5-17(18)11-16/h3-5,8,11,14-15,20H,2,6-7,9-10,12-13H2,1H3. The van der Waals surface area contributed by atoms with Gasteiger partial charge in [-0.05, 0) is 68.0 Å². The third-order valence-electron chi connectivity index (χ3n) is 4.62. The van der Waals surface area contributed by atoms with Crippen molar-refractivity contribution in [1.82, 2.24) is 15.2 Å². The Kier molecular flexibility index (Phi) is 4.84. The first-order chi connectivity index (χ1) is 10.3. The Morgan fingerprint density at radius 1 is 1.19 bits per heavy atom. The van der Waals surface area contributed by atoms with Gasteiger partial charge in [-0.2, -0.15) is 0 Å². The van der Waals surface area contributed by atoms with Crippen LogP contribution in [0.4, 0.5) is 0 Å². The quantitative estimate of drug-likeness (QED) is 0.914. The first-order valence-corrected chi connectivity index (χ1v) is 8.11. The monoisotopic (exact) mass is 283 g/mol. The van der Waals surface area contributed by atoms with Crippen LogP contribution >= 0.6 is 0 Å². The van der Waals surface area contributed by atoms with Crippen LogP contribution < -0.4 is 5.32 Å². The van der Waals surface area contributed by atoms with Gasteiger partial charge in [-0.25, -0.2) is 0 Å². The Bertz CT molecular complexity index is 573. The molecule has 1 aliphatic rings. The summed E-state index contributed by atoms with van der Waals surface area (Å²) < 4.78 is 0. The fourth-order valence-corrected chi connectivity index (χ4v) is 3.17. The van der Waals surface area contributed by atoms with Gasteiger partial charge in [0.1, 0.15) is 0 Å². The van der Waals surface area contributed by atoms with Gasteiger partial charge < -0.3 is 10.2 Å². The van der Waals surface area contributed by atoms with Gasteiger partial charge in [0.05, 0.1) is 0 Å². The van der Waals surface area contributed by atoms with E-state index in [1.165, 1.54) is 48.8 Å². The number of likely N-dealkylation sites (tertiary alicyclic amines) is 1. The van der Waals surface area contributed by atoms with Crippen LogP contribution in [0.1, 0.15) is 25.3 Å². The highest BCUT2D eigenvalue weighted by molar-refractivity contribution is 5.81. The Hall–Kier alpha value is -1.45. The van der Waals surface area contributed by atoms with Crippen molar-refractivity contribution in [2.24, 2.45) is 5.92 Å². The minimum atomic E-state index is 0.845. The maximum Gasteiger partial charge on any atom is 0.0346 e. The average molecular weight is 283 g/mol. The van der Waals surface area contributed by atoms with Crippen molar-refractivity contribution in [3.8, 4) is 0 Å². The summed E-state index contributed by atoms with van der Waals surface area (Å²) >= 11 is 0. The van der Waals surface area contributed by atoms with Gasteiger partial charge in [-0.1, -0.05) is 19.1 Å². The first kappa shape index (κ1) is 14.5. The van der Waals surface area contributed by atoms with E-state index in [1.54, 1.807) is 0 Å². The van der Waals surface area contributed by atoms with Gasteiger partial charge in [0, 0.05) is 24.3 Å². The number of nitrogens with one attached hydrogen (secondary N) is 1. The van der Waals surface area contributed by atoms with Crippen LogP contribution in [0.15, 0.2) is 36.7 Å². The number of hydrogen-bond acceptors (Lipinski definition) is 3. The molecule has 3 nitrogen and oxygen atoms in total. The molecule has 1 aromatic heterocycles. The number of hydrogen-bond donors (Lipinski definition) is 1. The lowest BCUT2D eigenvalue weighted by Crippen LogP contribution is -2.36. The molecule has 0 bridgehead atoms. The molecule has 1 fully saturated rings. The first-order valence-electron chi connectivity index (χ1n) is 8.11. The van der Waals surface area contributed by atoms with Crippen molar-refractivity contribution in [3.05, 3.63) is 42.2 Å². The van der Waals surface area contributed by atoms with E-state index in [0.717, 1.165) is 19.0 Å². The van der Waals surface area contributed by atoms with Crippen LogP contribution in [0.25, 0.3) is 10.8 Å². The Morgan fingerprint density at radius 2 is 2.05 bits per heavy atom. The smallest absolute Gasteiger partial charge is 0.0346 e. The number of benzene rings is 1. The average Bonchev–Trinajstić information content (AvgIpc) is 2.55. The van der Waals surface area contributed by atoms with Crippen LogP contribution in [0.2, 0.25) is 0 Å². The second-order valence-corrected chi connectivity index (χ2v) is 6.07. The van der Waals surface area contributed by atoms with Gasteiger partial charge in [0.25, 0.3) is 0 Å². The maximum absolute atomic E-state index is 4.16. The zero-order chi connectivity index (χ0) is 14.5. The summed E-state index contributed by atoms with van der Waals surface area (Å²) in [5.74, 6) is 0.845. The normalized spacial score (nSPS) is 17.4. The van der Waals surface area contributed by atoms with E-state index >= 15 is 0 Å². The second-order valence-electron chi connectivity index (χ2n) is 6.07. The van der Waals surface area contributed by atoms with Crippen molar-refractivity contribution in [1.29, 1.82) is 0 Å². The lowest BCUT2D eigenvalue weighted by atomic mass is 9.97. The van der Waals surface area contributed by atoms with Crippen molar-refractivity contribution in [3.63, 3.8) is 0 Å². The topological polar surface area (TPSA) is 28.2 Å². The molecule has 112 valence electrons. The van der Waals surface area contributed by atoms with Crippen LogP contribution in [0.3, 0.4) is 0 Å². The summed E-state index contributed by atoms with van der Waals surface area (Å²) in [5.41, 5.74) is 1.36. The zero-order valence-corrected chi connectivity index (χ0v) is 12.9. The van der Waals surface area contributed by atoms with Crippen molar-refractivity contribution in [2.75, 3.05) is 26.2 Å². The molecule has 1 saturated heterocycles. The lowest BCUT2D eigenvalue weighted by Gasteiger charge is -2.31. The third-order valence-corrected chi connectivity index (χ3v) is 4.62. The van der Waals surface area contributed by atoms with E-state index < -0.39 is 0 Å². The van der Waals surface area contributed by atoms with Crippen LogP contribution in [-0.4, -0.2) is 36.1 Å². The van der Waals surface area contributed by atoms with Crippen molar-refractivity contribution >= 4 is 10.8 Å². The highest BCUT2D eigenvalue weighted by Gasteiger charge is 2.17. The Balaban J connectivity index is 1.48. The largest absolute Gasteiger partial charge is 0.312 e. The number of fused-ring (bicyclic) bond motifs is 1. The third kappa shape index (κ3) is 3.80. The Labute approximate surface area is 127 Å². The van der Waals surface area contributed by atoms with Crippen molar-refractivity contribution < 1.29 is 0 Å². The lowest BCUT2D eigenvalue weighted by molar-refractivity contribution is 0.190. The fourth-order valence-electron chi connectivity index (χ4n) is 3.17. The van der Waals surface area contributed by atoms with Crippen molar-refractivity contribution in [2.45, 2.75) is 26.3 Å². The number of rotatable bonds is 5. The van der Waals surface area contributed by atoms with E-state index in [2.05, 4.69) is 46.4 Å². The highest BCUT2D eigenvalue weighted by atomic mass is 15.1. The molecule has 0 spiro atoms. The van der Waals surface area contributed by atoms with E-state index in [9.17, 15) is 0 Å². The van der Waals surface area contributed by atoms with Gasteiger partial charge >= 0.3 is 0 Å². The number of piperidine rings is 1. The molecule has 21 heavy (non-hydrogen) atoms. The molecule has 0 atom stereocenters. The molecule has 1 aliphatic heterocycles. The SMILES string of the molecule is CCN1CCC(CNCc2ccc3cnccc3c2)CC1.